The summed E-state index contributed by atoms with van der Waals surface area (Å²) in [6.07, 6.45) is -4.44. The van der Waals surface area contributed by atoms with Crippen LogP contribution in [-0.2, 0) is 0 Å². The Morgan fingerprint density at radius 3 is 1.62 bits per heavy atom. The number of piperidine rings is 3. The number of aliphatic hydroxyl groups is 6. The lowest BCUT2D eigenvalue weighted by Crippen LogP contribution is -2.51. The number of nitrogens with one attached hydrogen (secondary N) is 3. The molecule has 4 fully saturated rings. The molecule has 0 aromatic carbocycles. The molecule has 0 unspecified atom stereocenters. The van der Waals surface area contributed by atoms with Gasteiger partial charge in [-0.15, -0.1) is 0 Å². The first-order chi connectivity index (χ1) is 16.1. The van der Waals surface area contributed by atoms with Gasteiger partial charge in [-0.25, -0.2) is 8.78 Å². The van der Waals surface area contributed by atoms with Crippen LogP contribution in [0.5, 0.6) is 0 Å². The average Bonchev–Trinajstić information content (AvgIpc) is 3.63. The van der Waals surface area contributed by atoms with Crippen LogP contribution in [0.15, 0.2) is 0 Å². The van der Waals surface area contributed by atoms with E-state index < -0.39 is 55.6 Å². The monoisotopic (exact) mass is 501 g/mol. The van der Waals surface area contributed by atoms with Crippen LogP contribution in [0, 0.1) is 23.7 Å². The molecule has 4 rings (SSSR count). The third-order valence-electron chi connectivity index (χ3n) is 7.03. The second kappa shape index (κ2) is 14.9. The molecule has 3 heterocycles. The molecule has 1 saturated carbocycles. The van der Waals surface area contributed by atoms with Crippen molar-refractivity contribution in [1.29, 1.82) is 0 Å². The van der Waals surface area contributed by atoms with E-state index in [2.05, 4.69) is 16.0 Å². The molecule has 0 spiro atoms. The largest absolute Gasteiger partial charge is 0.390 e. The number of aliphatic hydroxyl groups excluding tert-OH is 6. The van der Waals surface area contributed by atoms with Gasteiger partial charge >= 0.3 is 0 Å². The summed E-state index contributed by atoms with van der Waals surface area (Å²) in [5.41, 5.74) is 0. The van der Waals surface area contributed by atoms with Gasteiger partial charge in [-0.3, -0.25) is 4.39 Å². The highest BCUT2D eigenvalue weighted by molar-refractivity contribution is 4.93. The number of halogens is 3. The van der Waals surface area contributed by atoms with E-state index in [9.17, 15) is 33.6 Å². The van der Waals surface area contributed by atoms with Gasteiger partial charge in [-0.1, -0.05) is 0 Å². The molecule has 202 valence electrons. The molecule has 1 aliphatic carbocycles. The Balaban J connectivity index is 0.000000180. The van der Waals surface area contributed by atoms with Crippen molar-refractivity contribution in [1.82, 2.24) is 16.0 Å². The standard InChI is InChI=1S/C8H15NO2.C7H13F2NO2.C7H14FNO2/c10-7-4-9-3-6(8(7)11)5-1-2-5;8-6(9)1-4-2-10-3-5(11)7(4)12;8-2-1-5-3-9-4-6(10)7(5)11/h5-11H,1-4H2;4-7,10-12H,1-3H2;5-7,9-11H,1-4H2/t6-,7-,8-;4-,5+,7+;5-,6+,7+/m100/s1. The fourth-order valence-corrected chi connectivity index (χ4v) is 4.70. The van der Waals surface area contributed by atoms with Gasteiger partial charge in [0.05, 0.1) is 43.3 Å². The molecule has 12 heteroatoms. The van der Waals surface area contributed by atoms with Crippen molar-refractivity contribution in [2.75, 3.05) is 45.9 Å². The summed E-state index contributed by atoms with van der Waals surface area (Å²) in [5, 5.41) is 64.5. The van der Waals surface area contributed by atoms with Crippen molar-refractivity contribution in [3.8, 4) is 0 Å². The molecular formula is C22H42F3N3O6. The van der Waals surface area contributed by atoms with Crippen molar-refractivity contribution in [2.24, 2.45) is 23.7 Å². The highest BCUT2D eigenvalue weighted by atomic mass is 19.3. The summed E-state index contributed by atoms with van der Waals surface area (Å²) in [7, 11) is 0. The van der Waals surface area contributed by atoms with E-state index in [1.165, 1.54) is 12.8 Å². The second-order valence-corrected chi connectivity index (χ2v) is 9.77. The molecule has 0 aromatic heterocycles. The zero-order valence-electron chi connectivity index (χ0n) is 19.4. The predicted octanol–water partition coefficient (Wildman–Crippen LogP) is -1.79. The minimum atomic E-state index is -2.42. The molecule has 3 aliphatic heterocycles. The fraction of sp³-hybridized carbons (Fsp3) is 1.00. The van der Waals surface area contributed by atoms with Crippen molar-refractivity contribution in [2.45, 2.75) is 68.7 Å². The van der Waals surface area contributed by atoms with Crippen LogP contribution in [-0.4, -0.2) is 120 Å². The summed E-state index contributed by atoms with van der Waals surface area (Å²) < 4.78 is 35.7. The second-order valence-electron chi connectivity index (χ2n) is 9.77. The van der Waals surface area contributed by atoms with E-state index in [4.69, 9.17) is 10.2 Å². The molecule has 0 aromatic rings. The first-order valence-electron chi connectivity index (χ1n) is 12.2. The Morgan fingerprint density at radius 1 is 0.647 bits per heavy atom. The molecule has 34 heavy (non-hydrogen) atoms. The molecular weight excluding hydrogens is 459 g/mol. The summed E-state index contributed by atoms with van der Waals surface area (Å²) in [6, 6.07) is 0. The molecule has 4 aliphatic rings. The zero-order chi connectivity index (χ0) is 25.3. The van der Waals surface area contributed by atoms with Crippen LogP contribution < -0.4 is 16.0 Å². The van der Waals surface area contributed by atoms with Gasteiger partial charge in [-0.2, -0.15) is 0 Å². The van der Waals surface area contributed by atoms with Gasteiger partial charge in [0.25, 0.3) is 0 Å². The lowest BCUT2D eigenvalue weighted by Gasteiger charge is -2.32. The molecule has 0 radical (unpaired) electrons. The summed E-state index contributed by atoms with van der Waals surface area (Å²) >= 11 is 0. The molecule has 9 N–H and O–H groups in total. The number of β-amino-alcohol motifs (C(OH)–C–C–N with tert-alkyl or cyclic N) is 3. The highest BCUT2D eigenvalue weighted by Gasteiger charge is 2.40. The first kappa shape index (κ1) is 29.7. The Labute approximate surface area is 198 Å². The van der Waals surface area contributed by atoms with Crippen LogP contribution in [0.4, 0.5) is 13.2 Å². The van der Waals surface area contributed by atoms with E-state index in [1.807, 2.05) is 0 Å². The normalized spacial score (nSPS) is 40.6. The third kappa shape index (κ3) is 9.47. The van der Waals surface area contributed by atoms with Gasteiger partial charge in [0.15, 0.2) is 0 Å². The Morgan fingerprint density at radius 2 is 1.12 bits per heavy atom. The summed E-state index contributed by atoms with van der Waals surface area (Å²) in [5.74, 6) is 0.309. The predicted molar refractivity (Wildman–Crippen MR) is 119 cm³/mol. The van der Waals surface area contributed by atoms with Crippen LogP contribution in [0.2, 0.25) is 0 Å². The van der Waals surface area contributed by atoms with E-state index in [1.54, 1.807) is 0 Å². The molecule has 9 nitrogen and oxygen atoms in total. The number of alkyl halides is 3. The van der Waals surface area contributed by atoms with E-state index in [0.717, 1.165) is 6.54 Å². The van der Waals surface area contributed by atoms with E-state index in [0.29, 0.717) is 44.4 Å². The number of hydrogen-bond acceptors (Lipinski definition) is 9. The van der Waals surface area contributed by atoms with Crippen LogP contribution in [0.3, 0.4) is 0 Å². The van der Waals surface area contributed by atoms with Crippen LogP contribution in [0.25, 0.3) is 0 Å². The smallest absolute Gasteiger partial charge is 0.239 e. The Kier molecular flexibility index (Phi) is 13.0. The van der Waals surface area contributed by atoms with Crippen LogP contribution in [0.1, 0.15) is 25.7 Å². The van der Waals surface area contributed by atoms with E-state index >= 15 is 0 Å². The van der Waals surface area contributed by atoms with Gasteiger partial charge < -0.3 is 46.6 Å². The fourth-order valence-electron chi connectivity index (χ4n) is 4.70. The number of rotatable bonds is 5. The molecule has 9 atom stereocenters. The summed E-state index contributed by atoms with van der Waals surface area (Å²) in [4.78, 5) is 0. The first-order valence-corrected chi connectivity index (χ1v) is 12.2. The topological polar surface area (TPSA) is 157 Å². The van der Waals surface area contributed by atoms with Gasteiger partial charge in [0.1, 0.15) is 0 Å². The zero-order valence-corrected chi connectivity index (χ0v) is 19.4. The van der Waals surface area contributed by atoms with Crippen molar-refractivity contribution >= 4 is 0 Å². The summed E-state index contributed by atoms with van der Waals surface area (Å²) in [6.45, 7) is 2.62. The minimum absolute atomic E-state index is 0.135. The third-order valence-corrected chi connectivity index (χ3v) is 7.03. The Bertz CT molecular complexity index is 564. The highest BCUT2D eigenvalue weighted by Crippen LogP contribution is 2.39. The molecule has 3 saturated heterocycles. The van der Waals surface area contributed by atoms with Gasteiger partial charge in [-0.05, 0) is 25.2 Å². The van der Waals surface area contributed by atoms with Gasteiger partial charge in [0.2, 0.25) is 6.43 Å². The van der Waals surface area contributed by atoms with Crippen molar-refractivity contribution < 1.29 is 43.8 Å². The quantitative estimate of drug-likeness (QED) is 0.212. The average molecular weight is 502 g/mol. The maximum absolute atomic E-state index is 11.9. The SMILES string of the molecule is O[C@@H]1[C@@H](CC(F)F)CNC[C@H]1O.O[C@@H]1[C@@H](CCF)CNC[C@H]1O.O[C@H]1[C@H](O)CNC[C@@H]1C1CC1. The maximum atomic E-state index is 11.9. The molecule has 0 bridgehead atoms. The van der Waals surface area contributed by atoms with Crippen molar-refractivity contribution in [3.05, 3.63) is 0 Å². The number of hydrogen-bond donors (Lipinski definition) is 9. The maximum Gasteiger partial charge on any atom is 0.239 e. The van der Waals surface area contributed by atoms with E-state index in [-0.39, 0.29) is 18.9 Å². The van der Waals surface area contributed by atoms with Crippen molar-refractivity contribution in [3.63, 3.8) is 0 Å². The lowest BCUT2D eigenvalue weighted by molar-refractivity contribution is -0.0509. The van der Waals surface area contributed by atoms with Crippen LogP contribution >= 0.6 is 0 Å². The molecule has 0 amide bonds. The minimum Gasteiger partial charge on any atom is -0.390 e. The Hall–Kier alpha value is -0.570. The lowest BCUT2D eigenvalue weighted by atomic mass is 9.90. The van der Waals surface area contributed by atoms with Gasteiger partial charge in [0, 0.05) is 63.4 Å².